The molecular weight excluding hydrogens is 424 g/mol. The summed E-state index contributed by atoms with van der Waals surface area (Å²) in [6.45, 7) is 1.74. The molecule has 2 aliphatic rings. The predicted molar refractivity (Wildman–Crippen MR) is 115 cm³/mol. The van der Waals surface area contributed by atoms with Gasteiger partial charge in [0.2, 0.25) is 10.0 Å². The van der Waals surface area contributed by atoms with E-state index >= 15 is 0 Å². The molecule has 0 aliphatic carbocycles. The van der Waals surface area contributed by atoms with Crippen LogP contribution in [0.2, 0.25) is 0 Å². The van der Waals surface area contributed by atoms with Crippen molar-refractivity contribution in [3.63, 3.8) is 0 Å². The Kier molecular flexibility index (Phi) is 6.21. The number of thioether (sulfide) groups is 1. The minimum Gasteiger partial charge on any atom is -0.486 e. The van der Waals surface area contributed by atoms with Crippen LogP contribution in [-0.2, 0) is 10.0 Å². The normalized spacial score (nSPS) is 18.4. The van der Waals surface area contributed by atoms with Crippen molar-refractivity contribution in [3.8, 4) is 11.5 Å². The van der Waals surface area contributed by atoms with Crippen LogP contribution in [0.5, 0.6) is 11.5 Å². The van der Waals surface area contributed by atoms with Gasteiger partial charge in [-0.25, -0.2) is 13.1 Å². The molecule has 0 saturated carbocycles. The van der Waals surface area contributed by atoms with E-state index in [0.29, 0.717) is 30.2 Å². The number of benzene rings is 2. The fourth-order valence-electron chi connectivity index (χ4n) is 3.56. The lowest BCUT2D eigenvalue weighted by Gasteiger charge is -2.26. The van der Waals surface area contributed by atoms with Crippen molar-refractivity contribution in [2.75, 3.05) is 32.5 Å². The summed E-state index contributed by atoms with van der Waals surface area (Å²) in [5.74, 6) is 1.12. The summed E-state index contributed by atoms with van der Waals surface area (Å²) < 4.78 is 39.8. The summed E-state index contributed by atoms with van der Waals surface area (Å²) in [6, 6.07) is 12.0. The molecule has 7 nitrogen and oxygen atoms in total. The quantitative estimate of drug-likeness (QED) is 0.684. The Labute approximate surface area is 180 Å². The highest BCUT2D eigenvalue weighted by Gasteiger charge is 2.26. The number of para-hydroxylation sites is 2. The average Bonchev–Trinajstić information content (AvgIpc) is 3.31. The predicted octanol–water partition coefficient (Wildman–Crippen LogP) is 2.76. The van der Waals surface area contributed by atoms with Crippen molar-refractivity contribution in [3.05, 3.63) is 48.0 Å². The number of likely N-dealkylation sites (tertiary alicyclic amines) is 1. The lowest BCUT2D eigenvalue weighted by atomic mass is 10.2. The number of rotatable bonds is 6. The molecule has 1 N–H and O–H groups in total. The van der Waals surface area contributed by atoms with E-state index in [1.165, 1.54) is 23.9 Å². The van der Waals surface area contributed by atoms with Gasteiger partial charge in [-0.1, -0.05) is 12.1 Å². The third-order valence-electron chi connectivity index (χ3n) is 5.17. The maximum atomic E-state index is 12.9. The molecule has 9 heteroatoms. The second-order valence-electron chi connectivity index (χ2n) is 7.21. The van der Waals surface area contributed by atoms with Gasteiger partial charge in [-0.2, -0.15) is 0 Å². The first kappa shape index (κ1) is 21.0. The number of sulfonamides is 1. The van der Waals surface area contributed by atoms with Gasteiger partial charge >= 0.3 is 0 Å². The van der Waals surface area contributed by atoms with E-state index in [4.69, 9.17) is 9.47 Å². The van der Waals surface area contributed by atoms with E-state index in [9.17, 15) is 13.2 Å². The van der Waals surface area contributed by atoms with Gasteiger partial charge in [-0.3, -0.25) is 4.79 Å². The van der Waals surface area contributed by atoms with Crippen LogP contribution >= 0.6 is 11.8 Å². The molecule has 4 rings (SSSR count). The van der Waals surface area contributed by atoms with Crippen LogP contribution in [-0.4, -0.2) is 57.8 Å². The van der Waals surface area contributed by atoms with Crippen LogP contribution in [0, 0.1) is 0 Å². The number of carbonyl (C=O) groups excluding carboxylic acids is 1. The molecular formula is C21H24N2O5S2. The number of nitrogens with zero attached hydrogens (tertiary/aromatic N) is 1. The van der Waals surface area contributed by atoms with Crippen molar-refractivity contribution in [1.82, 2.24) is 9.62 Å². The van der Waals surface area contributed by atoms with Gasteiger partial charge in [0.25, 0.3) is 5.91 Å². The van der Waals surface area contributed by atoms with Gasteiger partial charge in [0.1, 0.15) is 12.7 Å². The van der Waals surface area contributed by atoms with Gasteiger partial charge in [0, 0.05) is 18.0 Å². The fraction of sp³-hybridized carbons (Fsp3) is 0.381. The largest absolute Gasteiger partial charge is 0.486 e. The third kappa shape index (κ3) is 4.43. The molecule has 0 radical (unpaired) electrons. The SMILES string of the molecule is CSc1ccc(S(=O)(=O)NC[C@H]2COc3ccccc3O2)cc1C(=O)N1CCCC1. The van der Waals surface area contributed by atoms with Crippen molar-refractivity contribution in [1.29, 1.82) is 0 Å². The molecule has 1 atom stereocenters. The molecule has 1 fully saturated rings. The van der Waals surface area contributed by atoms with Crippen molar-refractivity contribution < 1.29 is 22.7 Å². The monoisotopic (exact) mass is 448 g/mol. The smallest absolute Gasteiger partial charge is 0.255 e. The summed E-state index contributed by atoms with van der Waals surface area (Å²) in [5.41, 5.74) is 0.429. The number of hydrogen-bond donors (Lipinski definition) is 1. The lowest BCUT2D eigenvalue weighted by Crippen LogP contribution is -2.40. The number of ether oxygens (including phenoxy) is 2. The van der Waals surface area contributed by atoms with Crippen LogP contribution in [0.15, 0.2) is 52.3 Å². The zero-order chi connectivity index (χ0) is 21.1. The Morgan fingerprint density at radius 3 is 2.63 bits per heavy atom. The van der Waals surface area contributed by atoms with Crippen LogP contribution < -0.4 is 14.2 Å². The van der Waals surface area contributed by atoms with Gasteiger partial charge in [0.15, 0.2) is 11.5 Å². The topological polar surface area (TPSA) is 84.9 Å². The second-order valence-corrected chi connectivity index (χ2v) is 9.83. The Hall–Kier alpha value is -2.23. The van der Waals surface area contributed by atoms with E-state index in [1.807, 2.05) is 24.5 Å². The number of carbonyl (C=O) groups is 1. The molecule has 1 saturated heterocycles. The van der Waals surface area contributed by atoms with Crippen molar-refractivity contribution in [2.45, 2.75) is 28.7 Å². The third-order valence-corrected chi connectivity index (χ3v) is 7.39. The highest BCUT2D eigenvalue weighted by atomic mass is 32.2. The first-order chi connectivity index (χ1) is 14.5. The molecule has 1 amide bonds. The van der Waals surface area contributed by atoms with Crippen LogP contribution in [0.1, 0.15) is 23.2 Å². The Morgan fingerprint density at radius 2 is 1.90 bits per heavy atom. The zero-order valence-corrected chi connectivity index (χ0v) is 18.3. The summed E-state index contributed by atoms with van der Waals surface area (Å²) in [5, 5.41) is 0. The maximum Gasteiger partial charge on any atom is 0.255 e. The van der Waals surface area contributed by atoms with E-state index in [0.717, 1.165) is 17.7 Å². The molecule has 2 heterocycles. The number of hydrogen-bond acceptors (Lipinski definition) is 6. The van der Waals surface area contributed by atoms with Gasteiger partial charge in [0.05, 0.1) is 17.0 Å². The molecule has 2 aromatic carbocycles. The Bertz CT molecular complexity index is 1040. The second kappa shape index (κ2) is 8.87. The van der Waals surface area contributed by atoms with Crippen LogP contribution in [0.3, 0.4) is 0 Å². The van der Waals surface area contributed by atoms with Crippen LogP contribution in [0.25, 0.3) is 0 Å². The highest BCUT2D eigenvalue weighted by Crippen LogP contribution is 2.31. The number of amides is 1. The molecule has 0 bridgehead atoms. The van der Waals surface area contributed by atoms with Gasteiger partial charge in [-0.05, 0) is 49.4 Å². The summed E-state index contributed by atoms with van der Waals surface area (Å²) >= 11 is 1.43. The highest BCUT2D eigenvalue weighted by molar-refractivity contribution is 7.98. The molecule has 2 aromatic rings. The summed E-state index contributed by atoms with van der Waals surface area (Å²) in [7, 11) is -3.81. The minimum atomic E-state index is -3.81. The average molecular weight is 449 g/mol. The Balaban J connectivity index is 1.48. The zero-order valence-electron chi connectivity index (χ0n) is 16.7. The van der Waals surface area contributed by atoms with Gasteiger partial charge < -0.3 is 14.4 Å². The molecule has 0 spiro atoms. The standard InChI is InChI=1S/C21H24N2O5S2/c1-29-20-9-8-16(12-17(20)21(24)23-10-4-5-11-23)30(25,26)22-13-15-14-27-18-6-2-3-7-19(18)28-15/h2-3,6-9,12,15,22H,4-5,10-11,13-14H2,1H3/t15-/m0/s1. The Morgan fingerprint density at radius 1 is 1.17 bits per heavy atom. The molecule has 30 heavy (non-hydrogen) atoms. The van der Waals surface area contributed by atoms with Crippen LogP contribution in [0.4, 0.5) is 0 Å². The molecule has 0 aromatic heterocycles. The fourth-order valence-corrected chi connectivity index (χ4v) is 5.22. The molecule has 160 valence electrons. The lowest BCUT2D eigenvalue weighted by molar-refractivity contribution is 0.0789. The number of nitrogens with one attached hydrogen (secondary N) is 1. The van der Waals surface area contributed by atoms with E-state index in [-0.39, 0.29) is 24.0 Å². The van der Waals surface area contributed by atoms with E-state index in [1.54, 1.807) is 17.0 Å². The number of fused-ring (bicyclic) bond motifs is 1. The molecule has 0 unspecified atom stereocenters. The van der Waals surface area contributed by atoms with Crippen molar-refractivity contribution >= 4 is 27.7 Å². The van der Waals surface area contributed by atoms with E-state index < -0.39 is 16.1 Å². The van der Waals surface area contributed by atoms with Gasteiger partial charge in [-0.15, -0.1) is 11.8 Å². The van der Waals surface area contributed by atoms with E-state index in [2.05, 4.69) is 4.72 Å². The minimum absolute atomic E-state index is 0.0658. The maximum absolute atomic E-state index is 12.9. The summed E-state index contributed by atoms with van der Waals surface area (Å²) in [4.78, 5) is 15.5. The first-order valence-corrected chi connectivity index (χ1v) is 12.5. The molecule has 2 aliphatic heterocycles. The van der Waals surface area contributed by atoms with Crippen molar-refractivity contribution in [2.24, 2.45) is 0 Å². The first-order valence-electron chi connectivity index (χ1n) is 9.83. The summed E-state index contributed by atoms with van der Waals surface area (Å²) in [6.07, 6.45) is 3.39.